The van der Waals surface area contributed by atoms with E-state index in [1.54, 1.807) is 4.68 Å². The number of hydrogen-bond acceptors (Lipinski definition) is 5. The molecule has 1 saturated heterocycles. The molecule has 3 amide bonds. The molecule has 3 N–H and O–H groups in total. The maximum Gasteiger partial charge on any atom is 0.329 e. The largest absolute Gasteiger partial charge is 0.392 e. The van der Waals surface area contributed by atoms with Crippen LogP contribution < -0.4 is 15.5 Å². The summed E-state index contributed by atoms with van der Waals surface area (Å²) in [7, 11) is 1.87. The van der Waals surface area contributed by atoms with Crippen molar-refractivity contribution in [2.75, 3.05) is 18.0 Å². The average molecular weight is 454 g/mol. The number of aliphatic hydroxyl groups excluding tert-OH is 1. The molecule has 0 spiro atoms. The molecule has 0 radical (unpaired) electrons. The van der Waals surface area contributed by atoms with Crippen LogP contribution in [0.5, 0.6) is 0 Å². The normalized spacial score (nSPS) is 27.2. The first-order valence-electron chi connectivity index (χ1n) is 12.5. The van der Waals surface area contributed by atoms with Crippen LogP contribution in [0.2, 0.25) is 0 Å². The molecule has 2 heterocycles. The smallest absolute Gasteiger partial charge is 0.329 e. The van der Waals surface area contributed by atoms with E-state index in [4.69, 9.17) is 0 Å². The van der Waals surface area contributed by atoms with Crippen LogP contribution in [-0.2, 0) is 11.8 Å². The maximum absolute atomic E-state index is 12.3. The van der Waals surface area contributed by atoms with E-state index in [0.717, 1.165) is 48.2 Å². The van der Waals surface area contributed by atoms with E-state index in [1.807, 2.05) is 13.1 Å². The van der Waals surface area contributed by atoms with Crippen molar-refractivity contribution in [3.63, 3.8) is 0 Å². The number of rotatable bonds is 5. The summed E-state index contributed by atoms with van der Waals surface area (Å²) >= 11 is 0. The summed E-state index contributed by atoms with van der Waals surface area (Å²) in [5, 5.41) is 22.5. The molecule has 0 bridgehead atoms. The molecule has 8 heteroatoms. The fourth-order valence-electron chi connectivity index (χ4n) is 5.90. The van der Waals surface area contributed by atoms with Gasteiger partial charge in [0.2, 0.25) is 5.91 Å². The monoisotopic (exact) mass is 453 g/mol. The van der Waals surface area contributed by atoms with Crippen LogP contribution in [0.4, 0.5) is 10.6 Å². The zero-order valence-electron chi connectivity index (χ0n) is 19.4. The van der Waals surface area contributed by atoms with Crippen LogP contribution >= 0.6 is 0 Å². The number of fused-ring (bicyclic) bond motifs is 1. The number of carbonyl (C=O) groups excluding carboxylic acids is 2. The molecule has 2 aliphatic carbocycles. The van der Waals surface area contributed by atoms with E-state index in [1.165, 1.54) is 37.0 Å². The highest BCUT2D eigenvalue weighted by atomic mass is 16.3. The topological polar surface area (TPSA) is 99.5 Å². The van der Waals surface area contributed by atoms with Gasteiger partial charge < -0.3 is 10.4 Å². The molecule has 2 aromatic rings. The number of aryl methyl sites for hydroxylation is 1. The second-order valence-corrected chi connectivity index (χ2v) is 10.1. The van der Waals surface area contributed by atoms with Crippen molar-refractivity contribution in [1.82, 2.24) is 20.4 Å². The number of carbonyl (C=O) groups is 2. The first-order valence-corrected chi connectivity index (χ1v) is 12.5. The molecule has 2 saturated carbocycles. The van der Waals surface area contributed by atoms with E-state index < -0.39 is 6.03 Å². The Hall–Kier alpha value is -2.45. The Bertz CT molecular complexity index is 1030. The third kappa shape index (κ3) is 4.64. The minimum atomic E-state index is -0.426. The maximum atomic E-state index is 12.3. The van der Waals surface area contributed by atoms with Crippen LogP contribution in [-0.4, -0.2) is 52.1 Å². The predicted molar refractivity (Wildman–Crippen MR) is 127 cm³/mol. The van der Waals surface area contributed by atoms with Crippen molar-refractivity contribution in [3.05, 3.63) is 23.8 Å². The highest BCUT2D eigenvalue weighted by molar-refractivity contribution is 6.08. The van der Waals surface area contributed by atoms with E-state index in [-0.39, 0.29) is 24.3 Å². The summed E-state index contributed by atoms with van der Waals surface area (Å²) in [5.41, 5.74) is 2.05. The lowest BCUT2D eigenvalue weighted by atomic mass is 9.79. The van der Waals surface area contributed by atoms with Crippen LogP contribution in [0.25, 0.3) is 10.9 Å². The number of aliphatic hydroxyl groups is 1. The molecule has 3 aliphatic rings. The van der Waals surface area contributed by atoms with Gasteiger partial charge in [0.15, 0.2) is 5.82 Å². The number of urea groups is 1. The van der Waals surface area contributed by atoms with E-state index >= 15 is 0 Å². The Labute approximate surface area is 194 Å². The first kappa shape index (κ1) is 22.3. The lowest BCUT2D eigenvalue weighted by Gasteiger charge is -2.35. The lowest BCUT2D eigenvalue weighted by molar-refractivity contribution is -0.120. The predicted octanol–water partition coefficient (Wildman–Crippen LogP) is 3.19. The molecule has 0 unspecified atom stereocenters. The molecule has 1 aromatic heterocycles. The number of hydrogen-bond donors (Lipinski definition) is 3. The number of imide groups is 1. The molecule has 178 valence electrons. The van der Waals surface area contributed by atoms with Crippen molar-refractivity contribution in [2.45, 2.75) is 75.9 Å². The van der Waals surface area contributed by atoms with Gasteiger partial charge in [-0.2, -0.15) is 5.10 Å². The van der Waals surface area contributed by atoms with Gasteiger partial charge >= 0.3 is 6.03 Å². The van der Waals surface area contributed by atoms with Gasteiger partial charge in [0.05, 0.1) is 11.6 Å². The second kappa shape index (κ2) is 9.43. The molecule has 1 aliphatic heterocycles. The Morgan fingerprint density at radius 2 is 1.97 bits per heavy atom. The average Bonchev–Trinajstić information content (AvgIpc) is 3.14. The van der Waals surface area contributed by atoms with Crippen LogP contribution in [0.15, 0.2) is 18.2 Å². The van der Waals surface area contributed by atoms with Gasteiger partial charge in [0.1, 0.15) is 0 Å². The molecular weight excluding hydrogens is 418 g/mol. The quantitative estimate of drug-likeness (QED) is 0.646. The summed E-state index contributed by atoms with van der Waals surface area (Å²) in [4.78, 5) is 25.3. The van der Waals surface area contributed by atoms with Crippen LogP contribution in [0.1, 0.15) is 69.3 Å². The van der Waals surface area contributed by atoms with Gasteiger partial charge in [0.25, 0.3) is 0 Å². The number of benzene rings is 1. The van der Waals surface area contributed by atoms with E-state index in [0.29, 0.717) is 18.4 Å². The minimum Gasteiger partial charge on any atom is -0.392 e. The highest BCUT2D eigenvalue weighted by Gasteiger charge is 2.32. The molecule has 8 nitrogen and oxygen atoms in total. The molecule has 3 fully saturated rings. The Morgan fingerprint density at radius 1 is 1.15 bits per heavy atom. The highest BCUT2D eigenvalue weighted by Crippen LogP contribution is 2.36. The van der Waals surface area contributed by atoms with Crippen molar-refractivity contribution >= 4 is 28.7 Å². The van der Waals surface area contributed by atoms with Crippen LogP contribution in [0, 0.1) is 5.92 Å². The zero-order chi connectivity index (χ0) is 22.9. The number of anilines is 1. The summed E-state index contributed by atoms with van der Waals surface area (Å²) < 4.78 is 1.78. The van der Waals surface area contributed by atoms with Gasteiger partial charge in [-0.05, 0) is 62.3 Å². The van der Waals surface area contributed by atoms with Gasteiger partial charge in [-0.25, -0.2) is 4.79 Å². The number of nitrogens with one attached hydrogen (secondary N) is 2. The summed E-state index contributed by atoms with van der Waals surface area (Å²) in [5.74, 6) is 1.23. The number of nitrogens with zero attached hydrogens (tertiary/aromatic N) is 3. The summed E-state index contributed by atoms with van der Waals surface area (Å²) in [6.07, 6.45) is 9.50. The zero-order valence-corrected chi connectivity index (χ0v) is 19.4. The molecule has 1 aromatic carbocycles. The third-order valence-corrected chi connectivity index (χ3v) is 7.83. The van der Waals surface area contributed by atoms with Gasteiger partial charge in [-0.3, -0.25) is 19.7 Å². The fraction of sp³-hybridized carbons (Fsp3) is 0.640. The standard InChI is InChI=1S/C25H35N5O3/c1-29-21-13-17(7-9-20(21)24(28-29)30-12-11-23(32)27-25(30)33)19-10-8-18(14-22(19)31)26-15-16-5-3-2-4-6-16/h7,9,13,16,18-19,22,26,31H,2-6,8,10-12,14-15H2,1H3,(H,27,32,33)/t18-,19-,22-/m1/s1. The SMILES string of the molecule is Cn1nc(N2CCC(=O)NC2=O)c2ccc([C@H]3CC[C@@H](NCC4CCCCC4)C[C@H]3O)cc21. The minimum absolute atomic E-state index is 0.108. The van der Waals surface area contributed by atoms with Gasteiger partial charge in [-0.1, -0.05) is 25.3 Å². The van der Waals surface area contributed by atoms with Gasteiger partial charge in [-0.15, -0.1) is 0 Å². The fourth-order valence-corrected chi connectivity index (χ4v) is 5.90. The van der Waals surface area contributed by atoms with Crippen molar-refractivity contribution < 1.29 is 14.7 Å². The number of aromatic nitrogens is 2. The Morgan fingerprint density at radius 3 is 2.73 bits per heavy atom. The van der Waals surface area contributed by atoms with Crippen molar-refractivity contribution in [2.24, 2.45) is 13.0 Å². The molecule has 3 atom stereocenters. The molecular formula is C25H35N5O3. The molecule has 33 heavy (non-hydrogen) atoms. The molecule has 5 rings (SSSR count). The Kier molecular flexibility index (Phi) is 6.38. The number of amides is 3. The van der Waals surface area contributed by atoms with E-state index in [2.05, 4.69) is 27.9 Å². The van der Waals surface area contributed by atoms with Crippen molar-refractivity contribution in [3.8, 4) is 0 Å². The third-order valence-electron chi connectivity index (χ3n) is 7.83. The van der Waals surface area contributed by atoms with E-state index in [9.17, 15) is 14.7 Å². The summed E-state index contributed by atoms with van der Waals surface area (Å²) in [6, 6.07) is 6.12. The van der Waals surface area contributed by atoms with Crippen LogP contribution in [0.3, 0.4) is 0 Å². The second-order valence-electron chi connectivity index (χ2n) is 10.1. The van der Waals surface area contributed by atoms with Gasteiger partial charge in [0, 0.05) is 37.4 Å². The first-order chi connectivity index (χ1) is 16.0. The lowest BCUT2D eigenvalue weighted by Crippen LogP contribution is -2.49. The Balaban J connectivity index is 1.27. The summed E-state index contributed by atoms with van der Waals surface area (Å²) in [6.45, 7) is 1.41. The van der Waals surface area contributed by atoms with Crippen molar-refractivity contribution in [1.29, 1.82) is 0 Å².